The number of hydrogen-bond acceptors (Lipinski definition) is 4. The fourth-order valence-corrected chi connectivity index (χ4v) is 3.74. The highest BCUT2D eigenvalue weighted by atomic mass is 32.2. The van der Waals surface area contributed by atoms with Crippen LogP contribution < -0.4 is 5.32 Å². The molecule has 1 amide bonds. The molecule has 1 fully saturated rings. The van der Waals surface area contributed by atoms with Gasteiger partial charge in [-0.15, -0.1) is 0 Å². The molecule has 1 unspecified atom stereocenters. The van der Waals surface area contributed by atoms with Gasteiger partial charge in [-0.25, -0.2) is 9.78 Å². The first-order valence-electron chi connectivity index (χ1n) is 7.37. The van der Waals surface area contributed by atoms with Crippen molar-refractivity contribution in [1.82, 2.24) is 14.9 Å². The Morgan fingerprint density at radius 2 is 2.33 bits per heavy atom. The Hall–Kier alpha value is -1.17. The predicted molar refractivity (Wildman–Crippen MR) is 85.4 cm³/mol. The zero-order valence-electron chi connectivity index (χ0n) is 13.3. The standard InChI is InChI=1S/C15H25N3O2S/c1-14(2,3)20-13(19)17-9-12-8-16-11-18(12)10-15(4)6-5-7-21-15/h8,11H,5-7,9-10H2,1-4H3,(H,17,19). The molecule has 0 aromatic carbocycles. The van der Waals surface area contributed by atoms with Gasteiger partial charge in [0.2, 0.25) is 0 Å². The number of carbonyl (C=O) groups excluding carboxylic acids is 1. The molecule has 0 saturated carbocycles. The molecule has 1 aliphatic rings. The molecule has 1 N–H and O–H groups in total. The van der Waals surface area contributed by atoms with Crippen molar-refractivity contribution in [2.75, 3.05) is 5.75 Å². The van der Waals surface area contributed by atoms with Crippen LogP contribution in [0.2, 0.25) is 0 Å². The third kappa shape index (κ3) is 4.95. The normalized spacial score (nSPS) is 22.3. The van der Waals surface area contributed by atoms with E-state index in [1.165, 1.54) is 18.6 Å². The second-order valence-electron chi connectivity index (χ2n) is 6.77. The quantitative estimate of drug-likeness (QED) is 0.928. The van der Waals surface area contributed by atoms with Crippen molar-refractivity contribution in [3.8, 4) is 0 Å². The third-order valence-corrected chi connectivity index (χ3v) is 4.94. The van der Waals surface area contributed by atoms with Crippen LogP contribution in [0.25, 0.3) is 0 Å². The van der Waals surface area contributed by atoms with E-state index in [1.807, 2.05) is 38.9 Å². The first-order chi connectivity index (χ1) is 9.77. The van der Waals surface area contributed by atoms with Gasteiger partial charge in [0.1, 0.15) is 5.60 Å². The number of aromatic nitrogens is 2. The lowest BCUT2D eigenvalue weighted by molar-refractivity contribution is 0.0522. The Kier molecular flexibility index (Phi) is 4.86. The SMILES string of the molecule is CC(C)(C)OC(=O)NCc1cncn1CC1(C)CCCS1. The molecule has 2 heterocycles. The number of ether oxygens (including phenoxy) is 1. The van der Waals surface area contributed by atoms with Gasteiger partial charge in [-0.3, -0.25) is 0 Å². The average molecular weight is 311 g/mol. The van der Waals surface area contributed by atoms with Gasteiger partial charge in [-0.05, 0) is 46.3 Å². The Morgan fingerprint density at radius 1 is 1.57 bits per heavy atom. The van der Waals surface area contributed by atoms with Crippen LogP contribution in [0.1, 0.15) is 46.2 Å². The van der Waals surface area contributed by atoms with Gasteiger partial charge in [0.25, 0.3) is 0 Å². The summed E-state index contributed by atoms with van der Waals surface area (Å²) in [6.07, 6.45) is 5.77. The van der Waals surface area contributed by atoms with Gasteiger partial charge in [0.05, 0.1) is 18.6 Å². The molecule has 0 bridgehead atoms. The van der Waals surface area contributed by atoms with E-state index in [2.05, 4.69) is 21.8 Å². The van der Waals surface area contributed by atoms with Crippen molar-refractivity contribution >= 4 is 17.9 Å². The lowest BCUT2D eigenvalue weighted by atomic mass is 10.1. The minimum absolute atomic E-state index is 0.279. The van der Waals surface area contributed by atoms with Crippen molar-refractivity contribution in [3.63, 3.8) is 0 Å². The molecular weight excluding hydrogens is 286 g/mol. The maximum absolute atomic E-state index is 11.7. The molecule has 0 spiro atoms. The smallest absolute Gasteiger partial charge is 0.407 e. The van der Waals surface area contributed by atoms with E-state index in [0.717, 1.165) is 12.2 Å². The van der Waals surface area contributed by atoms with E-state index < -0.39 is 11.7 Å². The number of alkyl carbamates (subject to hydrolysis) is 1. The topological polar surface area (TPSA) is 56.1 Å². The summed E-state index contributed by atoms with van der Waals surface area (Å²) in [5.41, 5.74) is 0.535. The Labute approximate surface area is 130 Å². The molecule has 5 nitrogen and oxygen atoms in total. The molecule has 1 aromatic rings. The van der Waals surface area contributed by atoms with Crippen LogP contribution in [0.15, 0.2) is 12.5 Å². The minimum atomic E-state index is -0.474. The molecule has 1 atom stereocenters. The van der Waals surface area contributed by atoms with Crippen molar-refractivity contribution in [2.24, 2.45) is 0 Å². The summed E-state index contributed by atoms with van der Waals surface area (Å²) in [5.74, 6) is 1.23. The minimum Gasteiger partial charge on any atom is -0.444 e. The van der Waals surface area contributed by atoms with Crippen molar-refractivity contribution < 1.29 is 9.53 Å². The number of imidazole rings is 1. The molecule has 21 heavy (non-hydrogen) atoms. The molecule has 1 aromatic heterocycles. The molecule has 118 valence electrons. The maximum atomic E-state index is 11.7. The van der Waals surface area contributed by atoms with E-state index in [0.29, 0.717) is 6.54 Å². The van der Waals surface area contributed by atoms with Crippen molar-refractivity contribution in [2.45, 2.75) is 64.0 Å². The van der Waals surface area contributed by atoms with Crippen LogP contribution in [-0.2, 0) is 17.8 Å². The zero-order valence-corrected chi connectivity index (χ0v) is 14.1. The molecule has 1 saturated heterocycles. The summed E-state index contributed by atoms with van der Waals surface area (Å²) in [7, 11) is 0. The Bertz CT molecular complexity index is 487. The van der Waals surface area contributed by atoms with E-state index in [4.69, 9.17) is 4.74 Å². The summed E-state index contributed by atoms with van der Waals surface area (Å²) in [6, 6.07) is 0. The van der Waals surface area contributed by atoms with Crippen LogP contribution in [0.4, 0.5) is 4.79 Å². The molecule has 0 aliphatic carbocycles. The number of carbonyl (C=O) groups is 1. The average Bonchev–Trinajstić information content (AvgIpc) is 2.94. The maximum Gasteiger partial charge on any atom is 0.407 e. The van der Waals surface area contributed by atoms with E-state index in [9.17, 15) is 4.79 Å². The summed E-state index contributed by atoms with van der Waals surface area (Å²) >= 11 is 2.02. The number of nitrogens with one attached hydrogen (secondary N) is 1. The first-order valence-corrected chi connectivity index (χ1v) is 8.36. The van der Waals surface area contributed by atoms with Crippen LogP contribution in [0.5, 0.6) is 0 Å². The second kappa shape index (κ2) is 6.30. The van der Waals surface area contributed by atoms with E-state index in [1.54, 1.807) is 6.20 Å². The van der Waals surface area contributed by atoms with Gasteiger partial charge in [-0.2, -0.15) is 11.8 Å². The fourth-order valence-electron chi connectivity index (χ4n) is 2.44. The van der Waals surface area contributed by atoms with Gasteiger partial charge in [0, 0.05) is 17.5 Å². The zero-order chi connectivity index (χ0) is 15.5. The molecule has 6 heteroatoms. The largest absolute Gasteiger partial charge is 0.444 e. The van der Waals surface area contributed by atoms with E-state index >= 15 is 0 Å². The van der Waals surface area contributed by atoms with Crippen LogP contribution >= 0.6 is 11.8 Å². The Balaban J connectivity index is 1.90. The highest BCUT2D eigenvalue weighted by Gasteiger charge is 2.30. The first kappa shape index (κ1) is 16.2. The molecule has 2 rings (SSSR count). The number of amides is 1. The lowest BCUT2D eigenvalue weighted by Crippen LogP contribution is -2.33. The lowest BCUT2D eigenvalue weighted by Gasteiger charge is -2.24. The third-order valence-electron chi connectivity index (χ3n) is 3.42. The van der Waals surface area contributed by atoms with E-state index in [-0.39, 0.29) is 4.75 Å². The number of hydrogen-bond donors (Lipinski definition) is 1. The second-order valence-corrected chi connectivity index (χ2v) is 8.45. The monoisotopic (exact) mass is 311 g/mol. The van der Waals surface area contributed by atoms with Gasteiger partial charge in [0.15, 0.2) is 0 Å². The van der Waals surface area contributed by atoms with Crippen LogP contribution in [0.3, 0.4) is 0 Å². The molecular formula is C15H25N3O2S. The highest BCUT2D eigenvalue weighted by Crippen LogP contribution is 2.39. The highest BCUT2D eigenvalue weighted by molar-refractivity contribution is 8.00. The van der Waals surface area contributed by atoms with Crippen LogP contribution in [-0.4, -0.2) is 31.7 Å². The summed E-state index contributed by atoms with van der Waals surface area (Å²) in [4.78, 5) is 15.9. The number of nitrogens with zero attached hydrogens (tertiary/aromatic N) is 2. The number of rotatable bonds is 4. The fraction of sp³-hybridized carbons (Fsp3) is 0.733. The number of thioether (sulfide) groups is 1. The summed E-state index contributed by atoms with van der Waals surface area (Å²) < 4.78 is 7.66. The summed E-state index contributed by atoms with van der Waals surface area (Å²) in [6.45, 7) is 9.24. The molecule has 1 aliphatic heterocycles. The van der Waals surface area contributed by atoms with Crippen molar-refractivity contribution in [3.05, 3.63) is 18.2 Å². The summed E-state index contributed by atoms with van der Waals surface area (Å²) in [5, 5.41) is 2.79. The Morgan fingerprint density at radius 3 is 2.95 bits per heavy atom. The molecule has 0 radical (unpaired) electrons. The van der Waals surface area contributed by atoms with Gasteiger partial charge < -0.3 is 14.6 Å². The van der Waals surface area contributed by atoms with Gasteiger partial charge in [-0.1, -0.05) is 0 Å². The van der Waals surface area contributed by atoms with Crippen LogP contribution in [0, 0.1) is 0 Å². The van der Waals surface area contributed by atoms with Crippen molar-refractivity contribution in [1.29, 1.82) is 0 Å². The van der Waals surface area contributed by atoms with Gasteiger partial charge >= 0.3 is 6.09 Å². The predicted octanol–water partition coefficient (Wildman–Crippen LogP) is 3.19.